The number of nitrogens with two attached hydrogens (primary N) is 1. The molecule has 102 valence electrons. The molecule has 1 fully saturated rings. The Kier molecular flexibility index (Phi) is 5.93. The van der Waals surface area contributed by atoms with Crippen LogP contribution in [0.4, 0.5) is 0 Å². The van der Waals surface area contributed by atoms with Gasteiger partial charge >= 0.3 is 0 Å². The van der Waals surface area contributed by atoms with E-state index in [9.17, 15) is 0 Å². The van der Waals surface area contributed by atoms with Gasteiger partial charge in [-0.1, -0.05) is 13.0 Å². The summed E-state index contributed by atoms with van der Waals surface area (Å²) in [5.74, 6) is 0.948. The van der Waals surface area contributed by atoms with Gasteiger partial charge in [-0.25, -0.2) is 0 Å². The molecule has 18 heavy (non-hydrogen) atoms. The number of hydrogen-bond acceptors (Lipinski definition) is 3. The summed E-state index contributed by atoms with van der Waals surface area (Å²) >= 11 is 0. The molecule has 4 heteroatoms. The first-order chi connectivity index (χ1) is 8.22. The number of benzene rings is 1. The first kappa shape index (κ1) is 15.3. The third-order valence-electron chi connectivity index (χ3n) is 3.50. The molecule has 0 saturated carbocycles. The van der Waals surface area contributed by atoms with Crippen LogP contribution in [0.3, 0.4) is 0 Å². The van der Waals surface area contributed by atoms with E-state index in [1.54, 1.807) is 7.11 Å². The van der Waals surface area contributed by atoms with Crippen LogP contribution in [0.15, 0.2) is 18.2 Å². The Morgan fingerprint density at radius 2 is 2.17 bits per heavy atom. The van der Waals surface area contributed by atoms with Gasteiger partial charge in [0.2, 0.25) is 0 Å². The van der Waals surface area contributed by atoms with E-state index in [1.807, 2.05) is 6.07 Å². The van der Waals surface area contributed by atoms with Gasteiger partial charge in [0.25, 0.3) is 0 Å². The molecule has 1 heterocycles. The molecule has 0 spiro atoms. The summed E-state index contributed by atoms with van der Waals surface area (Å²) in [5.41, 5.74) is 8.72. The number of aryl methyl sites for hydroxylation is 1. The first-order valence-corrected chi connectivity index (χ1v) is 6.36. The summed E-state index contributed by atoms with van der Waals surface area (Å²) in [4.78, 5) is 2.44. The van der Waals surface area contributed by atoms with Gasteiger partial charge in [-0.15, -0.1) is 12.4 Å². The number of methoxy groups -OCH3 is 1. The van der Waals surface area contributed by atoms with Crippen LogP contribution < -0.4 is 10.5 Å². The van der Waals surface area contributed by atoms with Crippen LogP contribution in [0.25, 0.3) is 0 Å². The Morgan fingerprint density at radius 1 is 1.39 bits per heavy atom. The number of likely N-dealkylation sites (tertiary alicyclic amines) is 1. The Bertz CT molecular complexity index is 384. The highest BCUT2D eigenvalue weighted by atomic mass is 35.5. The van der Waals surface area contributed by atoms with E-state index in [0.29, 0.717) is 6.04 Å². The smallest absolute Gasteiger partial charge is 0.119 e. The van der Waals surface area contributed by atoms with Crippen molar-refractivity contribution in [3.05, 3.63) is 29.3 Å². The molecule has 2 rings (SSSR count). The second-order valence-electron chi connectivity index (χ2n) is 4.77. The lowest BCUT2D eigenvalue weighted by atomic mass is 10.0. The van der Waals surface area contributed by atoms with Gasteiger partial charge in [-0.3, -0.25) is 4.90 Å². The SMILES string of the molecule is CCc1cc(OC)ccc1CN1CCC(N)C1.Cl. The predicted molar refractivity (Wildman–Crippen MR) is 77.5 cm³/mol. The maximum Gasteiger partial charge on any atom is 0.119 e. The lowest BCUT2D eigenvalue weighted by molar-refractivity contribution is 0.325. The number of halogens is 1. The molecule has 2 N–H and O–H groups in total. The van der Waals surface area contributed by atoms with Crippen molar-refractivity contribution in [3.8, 4) is 5.75 Å². The van der Waals surface area contributed by atoms with Gasteiger partial charge in [0.1, 0.15) is 5.75 Å². The Balaban J connectivity index is 0.00000162. The van der Waals surface area contributed by atoms with Crippen LogP contribution in [0.5, 0.6) is 5.75 Å². The van der Waals surface area contributed by atoms with E-state index in [1.165, 1.54) is 11.1 Å². The number of rotatable bonds is 4. The normalized spacial score (nSPS) is 19.6. The third-order valence-corrected chi connectivity index (χ3v) is 3.50. The molecule has 0 aliphatic carbocycles. The maximum atomic E-state index is 5.93. The minimum absolute atomic E-state index is 0. The second-order valence-corrected chi connectivity index (χ2v) is 4.77. The Morgan fingerprint density at radius 3 is 2.72 bits per heavy atom. The predicted octanol–water partition coefficient (Wildman–Crippen LogP) is 2.21. The molecule has 1 aromatic rings. The van der Waals surface area contributed by atoms with Crippen LogP contribution >= 0.6 is 12.4 Å². The molecule has 1 aromatic carbocycles. The average molecular weight is 271 g/mol. The monoisotopic (exact) mass is 270 g/mol. The van der Waals surface area contributed by atoms with Crippen molar-refractivity contribution in [3.63, 3.8) is 0 Å². The van der Waals surface area contributed by atoms with E-state index in [-0.39, 0.29) is 12.4 Å². The highest BCUT2D eigenvalue weighted by Crippen LogP contribution is 2.21. The van der Waals surface area contributed by atoms with Crippen molar-refractivity contribution < 1.29 is 4.74 Å². The summed E-state index contributed by atoms with van der Waals surface area (Å²) in [6, 6.07) is 6.73. The van der Waals surface area contributed by atoms with Crippen molar-refractivity contribution in [2.75, 3.05) is 20.2 Å². The molecule has 3 nitrogen and oxygen atoms in total. The zero-order valence-corrected chi connectivity index (χ0v) is 12.0. The van der Waals surface area contributed by atoms with Gasteiger partial charge in [0.15, 0.2) is 0 Å². The van der Waals surface area contributed by atoms with Crippen molar-refractivity contribution in [2.45, 2.75) is 32.4 Å². The van der Waals surface area contributed by atoms with E-state index < -0.39 is 0 Å². The van der Waals surface area contributed by atoms with E-state index in [4.69, 9.17) is 10.5 Å². The van der Waals surface area contributed by atoms with E-state index in [2.05, 4.69) is 24.0 Å². The largest absolute Gasteiger partial charge is 0.497 e. The van der Waals surface area contributed by atoms with Crippen molar-refractivity contribution in [2.24, 2.45) is 5.73 Å². The van der Waals surface area contributed by atoms with Crippen LogP contribution in [-0.4, -0.2) is 31.1 Å². The minimum atomic E-state index is 0. The van der Waals surface area contributed by atoms with Gasteiger partial charge in [0, 0.05) is 25.7 Å². The van der Waals surface area contributed by atoms with Gasteiger partial charge in [0.05, 0.1) is 7.11 Å². The highest BCUT2D eigenvalue weighted by molar-refractivity contribution is 5.85. The molecule has 0 amide bonds. The van der Waals surface area contributed by atoms with Crippen molar-refractivity contribution in [1.82, 2.24) is 4.90 Å². The van der Waals surface area contributed by atoms with Crippen molar-refractivity contribution >= 4 is 12.4 Å². The molecule has 1 atom stereocenters. The molecule has 0 aromatic heterocycles. The van der Waals surface area contributed by atoms with Gasteiger partial charge < -0.3 is 10.5 Å². The lowest BCUT2D eigenvalue weighted by Gasteiger charge is -2.18. The molecule has 1 unspecified atom stereocenters. The Hall–Kier alpha value is -0.770. The van der Waals surface area contributed by atoms with E-state index >= 15 is 0 Å². The molecular weight excluding hydrogens is 248 g/mol. The fourth-order valence-corrected chi connectivity index (χ4v) is 2.46. The molecule has 1 saturated heterocycles. The molecule has 1 aliphatic heterocycles. The minimum Gasteiger partial charge on any atom is -0.497 e. The van der Waals surface area contributed by atoms with Crippen molar-refractivity contribution in [1.29, 1.82) is 0 Å². The summed E-state index contributed by atoms with van der Waals surface area (Å²) < 4.78 is 5.27. The lowest BCUT2D eigenvalue weighted by Crippen LogP contribution is -2.26. The second kappa shape index (κ2) is 6.98. The topological polar surface area (TPSA) is 38.5 Å². The first-order valence-electron chi connectivity index (χ1n) is 6.36. The Labute approximate surface area is 116 Å². The van der Waals surface area contributed by atoms with E-state index in [0.717, 1.165) is 38.2 Å². The summed E-state index contributed by atoms with van der Waals surface area (Å²) in [5, 5.41) is 0. The third kappa shape index (κ3) is 3.61. The van der Waals surface area contributed by atoms with Gasteiger partial charge in [-0.05, 0) is 36.1 Å². The number of nitrogens with zero attached hydrogens (tertiary/aromatic N) is 1. The zero-order chi connectivity index (χ0) is 12.3. The standard InChI is InChI=1S/C14H22N2O.ClH/c1-3-11-8-14(17-2)5-4-12(11)9-16-7-6-13(15)10-16;/h4-5,8,13H,3,6-7,9-10,15H2,1-2H3;1H. The quantitative estimate of drug-likeness (QED) is 0.912. The number of ether oxygens (including phenoxy) is 1. The fraction of sp³-hybridized carbons (Fsp3) is 0.571. The van der Waals surface area contributed by atoms with Crippen LogP contribution in [0.2, 0.25) is 0 Å². The fourth-order valence-electron chi connectivity index (χ4n) is 2.46. The maximum absolute atomic E-state index is 5.93. The summed E-state index contributed by atoms with van der Waals surface area (Å²) in [6.45, 7) is 5.35. The summed E-state index contributed by atoms with van der Waals surface area (Å²) in [6.07, 6.45) is 2.17. The zero-order valence-electron chi connectivity index (χ0n) is 11.2. The molecular formula is C14H23ClN2O. The molecule has 0 bridgehead atoms. The van der Waals surface area contributed by atoms with Crippen LogP contribution in [-0.2, 0) is 13.0 Å². The van der Waals surface area contributed by atoms with Crippen LogP contribution in [0.1, 0.15) is 24.5 Å². The molecule has 1 aliphatic rings. The van der Waals surface area contributed by atoms with Gasteiger partial charge in [-0.2, -0.15) is 0 Å². The van der Waals surface area contributed by atoms with Crippen LogP contribution in [0, 0.1) is 0 Å². The highest BCUT2D eigenvalue weighted by Gasteiger charge is 2.19. The number of hydrogen-bond donors (Lipinski definition) is 1. The summed E-state index contributed by atoms with van der Waals surface area (Å²) in [7, 11) is 1.72. The average Bonchev–Trinajstić information content (AvgIpc) is 2.75. The molecule has 0 radical (unpaired) electrons.